The molecular formula is C8H8FNS. The Morgan fingerprint density at radius 3 is 2.91 bits per heavy atom. The van der Waals surface area contributed by atoms with E-state index in [9.17, 15) is 4.39 Å². The van der Waals surface area contributed by atoms with Gasteiger partial charge in [0, 0.05) is 5.38 Å². The molecule has 0 aromatic carbocycles. The molecule has 1 aromatic rings. The summed E-state index contributed by atoms with van der Waals surface area (Å²) < 4.78 is 12.3. The van der Waals surface area contributed by atoms with Crippen molar-refractivity contribution in [1.29, 1.82) is 0 Å². The van der Waals surface area contributed by atoms with Crippen molar-refractivity contribution in [3.8, 4) is 0 Å². The summed E-state index contributed by atoms with van der Waals surface area (Å²) in [6, 6.07) is 0. The summed E-state index contributed by atoms with van der Waals surface area (Å²) in [5.41, 5.74) is 0.672. The van der Waals surface area contributed by atoms with Crippen molar-refractivity contribution in [2.75, 3.05) is 0 Å². The second kappa shape index (κ2) is 4.03. The van der Waals surface area contributed by atoms with E-state index in [1.54, 1.807) is 11.5 Å². The van der Waals surface area contributed by atoms with Crippen LogP contribution in [0.2, 0.25) is 0 Å². The van der Waals surface area contributed by atoms with E-state index < -0.39 is 0 Å². The molecule has 1 aromatic heterocycles. The highest BCUT2D eigenvalue weighted by Gasteiger charge is 1.93. The lowest BCUT2D eigenvalue weighted by atomic mass is 10.4. The quantitative estimate of drug-likeness (QED) is 0.620. The molecule has 0 N–H and O–H groups in total. The van der Waals surface area contributed by atoms with Crippen LogP contribution in [0.15, 0.2) is 23.6 Å². The Hall–Kier alpha value is -0.960. The summed E-state index contributed by atoms with van der Waals surface area (Å²) in [6.45, 7) is 1.92. The number of rotatable bonds is 2. The minimum Gasteiger partial charge on any atom is -0.210 e. The third-order valence-electron chi connectivity index (χ3n) is 1.06. The van der Waals surface area contributed by atoms with E-state index in [4.69, 9.17) is 0 Å². The molecule has 0 spiro atoms. The average Bonchev–Trinajstić information content (AvgIpc) is 2.37. The fourth-order valence-electron chi connectivity index (χ4n) is 0.605. The number of allylic oxidation sites excluding steroid dienone is 3. The highest BCUT2D eigenvalue weighted by atomic mass is 32.1. The molecule has 0 amide bonds. The van der Waals surface area contributed by atoms with E-state index >= 15 is 0 Å². The second-order valence-electron chi connectivity index (χ2n) is 1.91. The van der Waals surface area contributed by atoms with Crippen LogP contribution >= 0.6 is 11.3 Å². The fraction of sp³-hybridized carbons (Fsp3) is 0.125. The Morgan fingerprint density at radius 2 is 2.36 bits per heavy atom. The van der Waals surface area contributed by atoms with Gasteiger partial charge >= 0.3 is 0 Å². The molecule has 3 heteroatoms. The lowest BCUT2D eigenvalue weighted by Gasteiger charge is -1.76. The predicted octanol–water partition coefficient (Wildman–Crippen LogP) is 2.87. The average molecular weight is 169 g/mol. The molecule has 0 aliphatic rings. The van der Waals surface area contributed by atoms with Gasteiger partial charge in [0.15, 0.2) is 0 Å². The number of hydrogen-bond acceptors (Lipinski definition) is 2. The molecule has 0 aliphatic carbocycles. The molecule has 0 unspecified atom stereocenters. The zero-order valence-corrected chi connectivity index (χ0v) is 6.94. The predicted molar refractivity (Wildman–Crippen MR) is 45.9 cm³/mol. The Kier molecular flexibility index (Phi) is 2.98. The van der Waals surface area contributed by atoms with Gasteiger partial charge in [-0.3, -0.25) is 0 Å². The summed E-state index contributed by atoms with van der Waals surface area (Å²) in [5, 5.41) is 1.29. The number of nitrogens with zero attached hydrogens (tertiary/aromatic N) is 1. The van der Waals surface area contributed by atoms with Gasteiger partial charge in [0.2, 0.25) is 0 Å². The molecule has 0 saturated heterocycles. The van der Waals surface area contributed by atoms with Crippen molar-refractivity contribution in [2.45, 2.75) is 6.92 Å². The molecule has 0 saturated carbocycles. The monoisotopic (exact) mass is 169 g/mol. The van der Waals surface area contributed by atoms with E-state index in [1.807, 2.05) is 25.2 Å². The van der Waals surface area contributed by atoms with Gasteiger partial charge in [-0.15, -0.1) is 0 Å². The number of aromatic nitrogens is 1. The first-order valence-electron chi connectivity index (χ1n) is 3.23. The first-order chi connectivity index (χ1) is 5.33. The van der Waals surface area contributed by atoms with Crippen molar-refractivity contribution in [1.82, 2.24) is 4.98 Å². The fourth-order valence-corrected chi connectivity index (χ4v) is 1.11. The van der Waals surface area contributed by atoms with Crippen LogP contribution in [0.1, 0.15) is 12.6 Å². The Labute approximate surface area is 68.9 Å². The SMILES string of the molecule is C/C=C/C=C/c1csc(F)n1. The van der Waals surface area contributed by atoms with E-state index in [2.05, 4.69) is 4.98 Å². The van der Waals surface area contributed by atoms with Crippen LogP contribution in [-0.4, -0.2) is 4.98 Å². The smallest absolute Gasteiger partial charge is 0.210 e. The summed E-state index contributed by atoms with van der Waals surface area (Å²) >= 11 is 1.01. The summed E-state index contributed by atoms with van der Waals surface area (Å²) in [6.07, 6.45) is 7.37. The molecule has 0 aliphatic heterocycles. The van der Waals surface area contributed by atoms with Crippen LogP contribution in [0, 0.1) is 5.26 Å². The van der Waals surface area contributed by atoms with Crippen LogP contribution in [0.3, 0.4) is 0 Å². The molecule has 0 fully saturated rings. The highest BCUT2D eigenvalue weighted by molar-refractivity contribution is 7.08. The van der Waals surface area contributed by atoms with Crippen LogP contribution < -0.4 is 0 Å². The van der Waals surface area contributed by atoms with Gasteiger partial charge in [-0.2, -0.15) is 4.39 Å². The number of halogens is 1. The maximum absolute atomic E-state index is 12.3. The molecule has 1 rings (SSSR count). The van der Waals surface area contributed by atoms with Crippen molar-refractivity contribution < 1.29 is 4.39 Å². The molecule has 0 atom stereocenters. The second-order valence-corrected chi connectivity index (χ2v) is 2.72. The van der Waals surface area contributed by atoms with Crippen LogP contribution in [0.25, 0.3) is 6.08 Å². The lowest BCUT2D eigenvalue weighted by molar-refractivity contribution is 0.616. The molecule has 1 nitrogen and oxygen atoms in total. The Balaban J connectivity index is 2.64. The largest absolute Gasteiger partial charge is 0.269 e. The number of hydrogen-bond donors (Lipinski definition) is 0. The third kappa shape index (κ3) is 2.63. The molecule has 0 bridgehead atoms. The first kappa shape index (κ1) is 8.14. The van der Waals surface area contributed by atoms with E-state index in [1.165, 1.54) is 0 Å². The Morgan fingerprint density at radius 1 is 1.55 bits per heavy atom. The Bertz CT molecular complexity index is 275. The topological polar surface area (TPSA) is 12.9 Å². The van der Waals surface area contributed by atoms with Gasteiger partial charge < -0.3 is 0 Å². The molecular weight excluding hydrogens is 161 g/mol. The lowest BCUT2D eigenvalue weighted by Crippen LogP contribution is -1.70. The first-order valence-corrected chi connectivity index (χ1v) is 4.11. The summed E-state index contributed by atoms with van der Waals surface area (Å²) in [5.74, 6) is 0. The molecule has 0 radical (unpaired) electrons. The van der Waals surface area contributed by atoms with E-state index in [0.717, 1.165) is 11.3 Å². The van der Waals surface area contributed by atoms with Crippen LogP contribution in [-0.2, 0) is 0 Å². The minimum absolute atomic E-state index is 0.384. The number of thiazole rings is 1. The maximum atomic E-state index is 12.3. The third-order valence-corrected chi connectivity index (χ3v) is 1.71. The van der Waals surface area contributed by atoms with Crippen molar-refractivity contribution >= 4 is 17.4 Å². The highest BCUT2D eigenvalue weighted by Crippen LogP contribution is 2.08. The maximum Gasteiger partial charge on any atom is 0.269 e. The van der Waals surface area contributed by atoms with Gasteiger partial charge in [0.1, 0.15) is 0 Å². The van der Waals surface area contributed by atoms with Gasteiger partial charge in [0.05, 0.1) is 5.69 Å². The molecule has 11 heavy (non-hydrogen) atoms. The van der Waals surface area contributed by atoms with Gasteiger partial charge in [-0.25, -0.2) is 4.98 Å². The van der Waals surface area contributed by atoms with Gasteiger partial charge in [-0.1, -0.05) is 29.6 Å². The van der Waals surface area contributed by atoms with Crippen LogP contribution in [0.4, 0.5) is 4.39 Å². The van der Waals surface area contributed by atoms with Crippen molar-refractivity contribution in [3.05, 3.63) is 34.6 Å². The van der Waals surface area contributed by atoms with Crippen LogP contribution in [0.5, 0.6) is 0 Å². The zero-order valence-electron chi connectivity index (χ0n) is 6.12. The van der Waals surface area contributed by atoms with Crippen molar-refractivity contribution in [3.63, 3.8) is 0 Å². The molecule has 1 heterocycles. The summed E-state index contributed by atoms with van der Waals surface area (Å²) in [7, 11) is 0. The van der Waals surface area contributed by atoms with Crippen molar-refractivity contribution in [2.24, 2.45) is 0 Å². The van der Waals surface area contributed by atoms with E-state index in [-0.39, 0.29) is 5.26 Å². The van der Waals surface area contributed by atoms with E-state index in [0.29, 0.717) is 5.69 Å². The molecule has 58 valence electrons. The standard InChI is InChI=1S/C8H8FNS/c1-2-3-4-5-7-6-11-8(9)10-7/h2-6H,1H3/b3-2+,5-4+. The minimum atomic E-state index is -0.384. The normalized spacial score (nSPS) is 11.8. The zero-order chi connectivity index (χ0) is 8.10. The van der Waals surface area contributed by atoms with Gasteiger partial charge in [0.25, 0.3) is 5.26 Å². The summed E-state index contributed by atoms with van der Waals surface area (Å²) in [4.78, 5) is 3.61. The van der Waals surface area contributed by atoms with Gasteiger partial charge in [-0.05, 0) is 13.0 Å².